The molecule has 5 aromatic rings. The van der Waals surface area contributed by atoms with Crippen LogP contribution in [0, 0.1) is 35.5 Å². The zero-order chi connectivity index (χ0) is 33.3. The second-order valence-electron chi connectivity index (χ2n) is 16.4. The van der Waals surface area contributed by atoms with Crippen molar-refractivity contribution in [2.45, 2.75) is 88.4 Å². The molecule has 9 atom stereocenters. The summed E-state index contributed by atoms with van der Waals surface area (Å²) in [4.78, 5) is 0. The van der Waals surface area contributed by atoms with Gasteiger partial charge in [-0.25, -0.2) is 0 Å². The van der Waals surface area contributed by atoms with E-state index >= 15 is 0 Å². The van der Waals surface area contributed by atoms with E-state index in [1.807, 2.05) is 0 Å². The summed E-state index contributed by atoms with van der Waals surface area (Å²) in [7, 11) is 0. The normalized spacial score (nSPS) is 30.9. The molecule has 254 valence electrons. The Hall–Kier alpha value is -3.90. The molecule has 4 aliphatic carbocycles. The highest BCUT2D eigenvalue weighted by Crippen LogP contribution is 2.68. The molecule has 5 aromatic carbocycles. The van der Waals surface area contributed by atoms with Gasteiger partial charge in [-0.15, -0.1) is 0 Å². The van der Waals surface area contributed by atoms with Crippen molar-refractivity contribution in [3.05, 3.63) is 156 Å². The smallest absolute Gasteiger partial charge is 0.0128 e. The first-order valence-electron chi connectivity index (χ1n) is 20.2. The molecule has 0 radical (unpaired) electrons. The van der Waals surface area contributed by atoms with E-state index in [9.17, 15) is 0 Å². The van der Waals surface area contributed by atoms with Crippen LogP contribution in [0.15, 0.2) is 140 Å². The standard InChI is InChI=1S/C50H54/c1-2-13-25-44(39-20-10-5-11-21-39)50-47-33-32-42(41-23-14-22-40(34-41)37-30-28-36(29-31-37)35-16-6-3-7-17-35)45-26-15-27-46(48(45)47)49(50)43(24-12-1)38-18-8-4-9-19-38/h3-11,14,16-23,28-31,34,42-50H,1-2,12-13,15,24-27,32-33H2. The number of hydrogen-bond acceptors (Lipinski definition) is 0. The summed E-state index contributed by atoms with van der Waals surface area (Å²) in [5.74, 6) is 7.06. The van der Waals surface area contributed by atoms with Crippen LogP contribution in [0.1, 0.15) is 105 Å². The van der Waals surface area contributed by atoms with Crippen molar-refractivity contribution >= 4 is 0 Å². The van der Waals surface area contributed by atoms with Crippen LogP contribution >= 0.6 is 0 Å². The van der Waals surface area contributed by atoms with Crippen molar-refractivity contribution < 1.29 is 0 Å². The van der Waals surface area contributed by atoms with E-state index in [0.29, 0.717) is 17.8 Å². The van der Waals surface area contributed by atoms with Crippen molar-refractivity contribution in [3.63, 3.8) is 0 Å². The van der Waals surface area contributed by atoms with E-state index in [-0.39, 0.29) is 0 Å². The fourth-order valence-electron chi connectivity index (χ4n) is 12.3. The molecule has 4 fully saturated rings. The van der Waals surface area contributed by atoms with E-state index in [2.05, 4.69) is 140 Å². The molecule has 50 heavy (non-hydrogen) atoms. The summed E-state index contributed by atoms with van der Waals surface area (Å²) < 4.78 is 0. The molecule has 0 N–H and O–H groups in total. The average molecular weight is 655 g/mol. The molecule has 0 bridgehead atoms. The van der Waals surface area contributed by atoms with Crippen LogP contribution in [-0.2, 0) is 0 Å². The third kappa shape index (κ3) is 6.08. The zero-order valence-corrected chi connectivity index (χ0v) is 29.8. The molecule has 0 nitrogen and oxygen atoms in total. The van der Waals surface area contributed by atoms with Crippen LogP contribution in [0.2, 0.25) is 0 Å². The zero-order valence-electron chi connectivity index (χ0n) is 29.8. The Morgan fingerprint density at radius 2 is 0.760 bits per heavy atom. The molecule has 4 aliphatic rings. The van der Waals surface area contributed by atoms with Gasteiger partial charge in [0.05, 0.1) is 0 Å². The van der Waals surface area contributed by atoms with Gasteiger partial charge < -0.3 is 0 Å². The molecule has 4 saturated carbocycles. The second kappa shape index (κ2) is 14.4. The average Bonchev–Trinajstić information content (AvgIpc) is 3.52. The van der Waals surface area contributed by atoms with Crippen molar-refractivity contribution in [1.82, 2.24) is 0 Å². The van der Waals surface area contributed by atoms with Crippen LogP contribution < -0.4 is 0 Å². The second-order valence-corrected chi connectivity index (χ2v) is 16.4. The predicted octanol–water partition coefficient (Wildman–Crippen LogP) is 13.7. The molecular weight excluding hydrogens is 601 g/mol. The van der Waals surface area contributed by atoms with Crippen LogP contribution in [-0.4, -0.2) is 0 Å². The highest BCUT2D eigenvalue weighted by atomic mass is 14.6. The fraction of sp³-hybridized carbons (Fsp3) is 0.400. The first kappa shape index (κ1) is 32.0. The van der Waals surface area contributed by atoms with Crippen LogP contribution in [0.25, 0.3) is 22.3 Å². The maximum absolute atomic E-state index is 2.58. The van der Waals surface area contributed by atoms with Gasteiger partial charge in [0.25, 0.3) is 0 Å². The van der Waals surface area contributed by atoms with Crippen molar-refractivity contribution in [2.75, 3.05) is 0 Å². The topological polar surface area (TPSA) is 0 Å². The van der Waals surface area contributed by atoms with Crippen LogP contribution in [0.3, 0.4) is 0 Å². The third-order valence-corrected chi connectivity index (χ3v) is 14.1. The summed E-state index contributed by atoms with van der Waals surface area (Å²) in [5, 5.41) is 0. The van der Waals surface area contributed by atoms with Crippen LogP contribution in [0.4, 0.5) is 0 Å². The lowest BCUT2D eigenvalue weighted by atomic mass is 9.57. The predicted molar refractivity (Wildman–Crippen MR) is 210 cm³/mol. The Labute approximate surface area is 301 Å². The Balaban J connectivity index is 1.07. The Kier molecular flexibility index (Phi) is 9.21. The van der Waals surface area contributed by atoms with E-state index in [4.69, 9.17) is 0 Å². The lowest BCUT2D eigenvalue weighted by molar-refractivity contribution is 0.0591. The minimum absolute atomic E-state index is 0.683. The van der Waals surface area contributed by atoms with E-state index in [1.165, 1.54) is 92.9 Å². The van der Waals surface area contributed by atoms with Gasteiger partial charge in [-0.05, 0) is 131 Å². The van der Waals surface area contributed by atoms with E-state index < -0.39 is 0 Å². The van der Waals surface area contributed by atoms with Gasteiger partial charge in [0.15, 0.2) is 0 Å². The summed E-state index contributed by atoms with van der Waals surface area (Å²) >= 11 is 0. The van der Waals surface area contributed by atoms with Crippen molar-refractivity contribution in [2.24, 2.45) is 35.5 Å². The first-order valence-corrected chi connectivity index (χ1v) is 20.2. The fourth-order valence-corrected chi connectivity index (χ4v) is 12.3. The molecule has 0 aromatic heterocycles. The Morgan fingerprint density at radius 3 is 1.38 bits per heavy atom. The Bertz CT molecular complexity index is 1760. The number of benzene rings is 5. The summed E-state index contributed by atoms with van der Waals surface area (Å²) in [5.41, 5.74) is 10.2. The number of rotatable bonds is 5. The molecular formula is C50H54. The summed E-state index contributed by atoms with van der Waals surface area (Å²) in [6.07, 6.45) is 15.4. The molecule has 0 aliphatic heterocycles. The van der Waals surface area contributed by atoms with Crippen molar-refractivity contribution in [1.29, 1.82) is 0 Å². The first-order chi connectivity index (χ1) is 24.8. The number of fused-ring (bicyclic) bond motifs is 3. The SMILES string of the molecule is c1ccc(-c2ccc(-c3cccc(C4CCC5C6C4CCCC6C4C(c6ccccc6)CCCCCCC(c6ccccc6)C54)c3)cc2)cc1. The minimum atomic E-state index is 0.683. The van der Waals surface area contributed by atoms with E-state index in [1.54, 1.807) is 16.7 Å². The number of hydrogen-bond donors (Lipinski definition) is 0. The highest BCUT2D eigenvalue weighted by Gasteiger charge is 2.60. The summed E-state index contributed by atoms with van der Waals surface area (Å²) in [6, 6.07) is 53.5. The van der Waals surface area contributed by atoms with Gasteiger partial charge >= 0.3 is 0 Å². The van der Waals surface area contributed by atoms with Gasteiger partial charge in [0, 0.05) is 0 Å². The lowest BCUT2D eigenvalue weighted by Gasteiger charge is -2.47. The molecule has 0 amide bonds. The van der Waals surface area contributed by atoms with E-state index in [0.717, 1.165) is 35.5 Å². The highest BCUT2D eigenvalue weighted by molar-refractivity contribution is 5.70. The van der Waals surface area contributed by atoms with Gasteiger partial charge in [-0.3, -0.25) is 0 Å². The molecule has 0 heteroatoms. The monoisotopic (exact) mass is 654 g/mol. The molecule has 0 saturated heterocycles. The summed E-state index contributed by atoms with van der Waals surface area (Å²) in [6.45, 7) is 0. The Morgan fingerprint density at radius 1 is 0.280 bits per heavy atom. The van der Waals surface area contributed by atoms with Crippen LogP contribution in [0.5, 0.6) is 0 Å². The lowest BCUT2D eigenvalue weighted by Crippen LogP contribution is -2.38. The van der Waals surface area contributed by atoms with Crippen molar-refractivity contribution in [3.8, 4) is 22.3 Å². The third-order valence-electron chi connectivity index (χ3n) is 14.1. The van der Waals surface area contributed by atoms with Gasteiger partial charge in [0.2, 0.25) is 0 Å². The van der Waals surface area contributed by atoms with Gasteiger partial charge in [-0.2, -0.15) is 0 Å². The minimum Gasteiger partial charge on any atom is -0.0622 e. The van der Waals surface area contributed by atoms with Gasteiger partial charge in [0.1, 0.15) is 0 Å². The largest absolute Gasteiger partial charge is 0.0622 e. The maximum Gasteiger partial charge on any atom is -0.0128 e. The molecule has 9 unspecified atom stereocenters. The molecule has 0 spiro atoms. The maximum atomic E-state index is 2.58. The molecule has 9 rings (SSSR count). The molecule has 0 heterocycles. The quantitative estimate of drug-likeness (QED) is 0.177. The van der Waals surface area contributed by atoms with Gasteiger partial charge in [-0.1, -0.05) is 172 Å².